The number of halogens is 4. The molecule has 2 fully saturated rings. The van der Waals surface area contributed by atoms with E-state index in [0.29, 0.717) is 6.07 Å². The molecule has 2 aliphatic rings. The fraction of sp³-hybridized carbons (Fsp3) is 0.588. The summed E-state index contributed by atoms with van der Waals surface area (Å²) >= 11 is 0. The van der Waals surface area contributed by atoms with Crippen LogP contribution in [-0.2, 0) is 6.18 Å². The van der Waals surface area contributed by atoms with Crippen LogP contribution in [0.15, 0.2) is 18.2 Å². The Bertz CT molecular complexity index is 618. The van der Waals surface area contributed by atoms with E-state index in [1.807, 2.05) is 0 Å². The molecule has 1 amide bonds. The molecule has 2 bridgehead atoms. The quantitative estimate of drug-likeness (QED) is 0.807. The van der Waals surface area contributed by atoms with Crippen LogP contribution in [0.1, 0.15) is 48.0 Å². The molecular formula is C17H20F4N2O. The van der Waals surface area contributed by atoms with Crippen molar-refractivity contribution in [1.29, 1.82) is 0 Å². The van der Waals surface area contributed by atoms with Crippen molar-refractivity contribution in [2.75, 3.05) is 0 Å². The van der Waals surface area contributed by atoms with Gasteiger partial charge in [-0.2, -0.15) is 13.2 Å². The third kappa shape index (κ3) is 3.27. The van der Waals surface area contributed by atoms with E-state index in [9.17, 15) is 22.4 Å². The smallest absolute Gasteiger partial charge is 0.349 e. The number of carbonyl (C=O) groups is 1. The number of nitrogens with one attached hydrogen (secondary N) is 1. The van der Waals surface area contributed by atoms with E-state index in [-0.39, 0.29) is 23.9 Å². The fourth-order valence-electron chi connectivity index (χ4n) is 4.18. The minimum absolute atomic E-state index is 0.0961. The Morgan fingerprint density at radius 3 is 2.38 bits per heavy atom. The lowest BCUT2D eigenvalue weighted by Crippen LogP contribution is -2.53. The Balaban J connectivity index is 1.81. The molecule has 2 atom stereocenters. The van der Waals surface area contributed by atoms with Crippen LogP contribution in [0.4, 0.5) is 17.6 Å². The first-order chi connectivity index (χ1) is 11.3. The Morgan fingerprint density at radius 1 is 1.17 bits per heavy atom. The first-order valence-corrected chi connectivity index (χ1v) is 8.19. The number of fused-ring (bicyclic) bond motifs is 2. The molecule has 0 saturated heterocycles. The summed E-state index contributed by atoms with van der Waals surface area (Å²) < 4.78 is 52.5. The molecule has 0 heterocycles. The fourth-order valence-corrected chi connectivity index (χ4v) is 4.18. The van der Waals surface area contributed by atoms with Crippen molar-refractivity contribution in [1.82, 2.24) is 5.32 Å². The van der Waals surface area contributed by atoms with Crippen LogP contribution in [0.3, 0.4) is 0 Å². The van der Waals surface area contributed by atoms with Gasteiger partial charge in [-0.1, -0.05) is 12.5 Å². The first-order valence-electron chi connectivity index (χ1n) is 8.19. The first kappa shape index (κ1) is 17.2. The number of hydrogen-bond donors (Lipinski definition) is 2. The lowest BCUT2D eigenvalue weighted by Gasteiger charge is -2.45. The van der Waals surface area contributed by atoms with Crippen molar-refractivity contribution in [2.45, 2.75) is 50.4 Å². The van der Waals surface area contributed by atoms with Crippen molar-refractivity contribution < 1.29 is 22.4 Å². The molecule has 132 valence electrons. The van der Waals surface area contributed by atoms with E-state index in [0.717, 1.165) is 44.2 Å². The van der Waals surface area contributed by atoms with Gasteiger partial charge in [-0.05, 0) is 49.7 Å². The molecule has 0 aromatic heterocycles. The van der Waals surface area contributed by atoms with Crippen LogP contribution in [0.5, 0.6) is 0 Å². The predicted molar refractivity (Wildman–Crippen MR) is 80.7 cm³/mol. The maximum Gasteiger partial charge on any atom is 0.419 e. The lowest BCUT2D eigenvalue weighted by molar-refractivity contribution is -0.140. The van der Waals surface area contributed by atoms with Crippen molar-refractivity contribution >= 4 is 5.91 Å². The van der Waals surface area contributed by atoms with E-state index < -0.39 is 29.0 Å². The minimum Gasteiger partial charge on any atom is -0.349 e. The van der Waals surface area contributed by atoms with Crippen molar-refractivity contribution in [3.05, 3.63) is 35.1 Å². The van der Waals surface area contributed by atoms with E-state index in [1.165, 1.54) is 0 Å². The number of nitrogens with two attached hydrogens (primary N) is 1. The molecule has 24 heavy (non-hydrogen) atoms. The molecule has 1 aromatic rings. The molecule has 3 N–H and O–H groups in total. The van der Waals surface area contributed by atoms with Crippen LogP contribution in [0.2, 0.25) is 0 Å². The Morgan fingerprint density at radius 2 is 1.79 bits per heavy atom. The highest BCUT2D eigenvalue weighted by molar-refractivity contribution is 5.95. The molecule has 0 aliphatic heterocycles. The van der Waals surface area contributed by atoms with Gasteiger partial charge in [0.1, 0.15) is 5.82 Å². The number of rotatable bonds is 2. The van der Waals surface area contributed by atoms with Gasteiger partial charge in [0.05, 0.1) is 11.1 Å². The second-order valence-corrected chi connectivity index (χ2v) is 6.85. The second kappa shape index (κ2) is 6.35. The average molecular weight is 344 g/mol. The summed E-state index contributed by atoms with van der Waals surface area (Å²) in [7, 11) is 0. The number of amides is 1. The summed E-state index contributed by atoms with van der Waals surface area (Å²) in [5.41, 5.74) is 4.05. The average Bonchev–Trinajstić information content (AvgIpc) is 2.47. The third-order valence-corrected chi connectivity index (χ3v) is 5.22. The summed E-state index contributed by atoms with van der Waals surface area (Å²) in [5.74, 6) is -1.87. The summed E-state index contributed by atoms with van der Waals surface area (Å²) in [6.07, 6.45) is -0.333. The summed E-state index contributed by atoms with van der Waals surface area (Å²) in [6, 6.07) is 2.74. The van der Waals surface area contributed by atoms with E-state index in [4.69, 9.17) is 5.73 Å². The summed E-state index contributed by atoms with van der Waals surface area (Å²) in [4.78, 5) is 12.4. The maximum absolute atomic E-state index is 14.1. The highest BCUT2D eigenvalue weighted by Crippen LogP contribution is 2.40. The van der Waals surface area contributed by atoms with Gasteiger partial charge < -0.3 is 11.1 Å². The molecular weight excluding hydrogens is 324 g/mol. The predicted octanol–water partition coefficient (Wildman–Crippen LogP) is 3.48. The van der Waals surface area contributed by atoms with Crippen molar-refractivity contribution in [3.8, 4) is 0 Å². The Hall–Kier alpha value is -1.63. The van der Waals surface area contributed by atoms with Gasteiger partial charge in [0, 0.05) is 12.1 Å². The van der Waals surface area contributed by atoms with Crippen LogP contribution in [-0.4, -0.2) is 18.0 Å². The molecule has 0 spiro atoms. The number of carbonyl (C=O) groups excluding carboxylic acids is 1. The van der Waals surface area contributed by atoms with Crippen LogP contribution in [0.25, 0.3) is 0 Å². The van der Waals surface area contributed by atoms with Gasteiger partial charge in [-0.3, -0.25) is 4.79 Å². The summed E-state index contributed by atoms with van der Waals surface area (Å²) in [5, 5.41) is 2.78. The highest BCUT2D eigenvalue weighted by Gasteiger charge is 2.41. The monoisotopic (exact) mass is 344 g/mol. The zero-order chi connectivity index (χ0) is 17.5. The summed E-state index contributed by atoms with van der Waals surface area (Å²) in [6.45, 7) is 0. The van der Waals surface area contributed by atoms with Gasteiger partial charge in [-0.25, -0.2) is 4.39 Å². The molecule has 7 heteroatoms. The molecule has 2 saturated carbocycles. The van der Waals surface area contributed by atoms with Gasteiger partial charge >= 0.3 is 6.18 Å². The normalized spacial score (nSPS) is 30.0. The molecule has 0 radical (unpaired) electrons. The number of alkyl halides is 3. The van der Waals surface area contributed by atoms with Gasteiger partial charge in [0.2, 0.25) is 0 Å². The van der Waals surface area contributed by atoms with Crippen LogP contribution in [0, 0.1) is 17.7 Å². The van der Waals surface area contributed by atoms with Crippen molar-refractivity contribution in [2.24, 2.45) is 17.6 Å². The molecule has 3 rings (SSSR count). The SMILES string of the molecule is NC1CC2CCCC(C1)C2NC(=O)c1cccc(C(F)(F)F)c1F. The van der Waals surface area contributed by atoms with E-state index >= 15 is 0 Å². The number of hydrogen-bond acceptors (Lipinski definition) is 2. The second-order valence-electron chi connectivity index (χ2n) is 6.85. The van der Waals surface area contributed by atoms with Crippen molar-refractivity contribution in [3.63, 3.8) is 0 Å². The van der Waals surface area contributed by atoms with Gasteiger partial charge in [-0.15, -0.1) is 0 Å². The highest BCUT2D eigenvalue weighted by atomic mass is 19.4. The maximum atomic E-state index is 14.1. The van der Waals surface area contributed by atoms with Gasteiger partial charge in [0.25, 0.3) is 5.91 Å². The van der Waals surface area contributed by atoms with Gasteiger partial charge in [0.15, 0.2) is 0 Å². The zero-order valence-electron chi connectivity index (χ0n) is 13.1. The molecule has 3 nitrogen and oxygen atoms in total. The minimum atomic E-state index is -4.82. The number of benzene rings is 1. The standard InChI is InChI=1S/C17H20F4N2O/c18-14-12(5-2-6-13(14)17(19,20)21)16(24)23-15-9-3-1-4-10(15)8-11(22)7-9/h2,5-6,9-11,15H,1,3-4,7-8,22H2,(H,23,24). The third-order valence-electron chi connectivity index (χ3n) is 5.22. The van der Waals surface area contributed by atoms with Crippen LogP contribution >= 0.6 is 0 Å². The molecule has 2 unspecified atom stereocenters. The molecule has 2 aliphatic carbocycles. The zero-order valence-corrected chi connectivity index (χ0v) is 13.1. The van der Waals surface area contributed by atoms with E-state index in [2.05, 4.69) is 5.32 Å². The van der Waals surface area contributed by atoms with E-state index in [1.54, 1.807) is 0 Å². The molecule has 1 aromatic carbocycles. The topological polar surface area (TPSA) is 55.1 Å². The lowest BCUT2D eigenvalue weighted by atomic mass is 9.67. The Labute approximate surface area is 137 Å². The largest absolute Gasteiger partial charge is 0.419 e. The Kier molecular flexibility index (Phi) is 4.55. The van der Waals surface area contributed by atoms with Crippen LogP contribution < -0.4 is 11.1 Å².